The molecule has 0 aliphatic carbocycles. The number of aryl methyl sites for hydroxylation is 1. The first-order valence-electron chi connectivity index (χ1n) is 10.4. The van der Waals surface area contributed by atoms with Crippen molar-refractivity contribution < 1.29 is 14.3 Å². The number of hydrogen-bond acceptors (Lipinski definition) is 5. The zero-order chi connectivity index (χ0) is 22.5. The van der Waals surface area contributed by atoms with Gasteiger partial charge in [-0.25, -0.2) is 4.68 Å². The van der Waals surface area contributed by atoms with Crippen LogP contribution in [0, 0.1) is 19.8 Å². The lowest BCUT2D eigenvalue weighted by atomic mass is 10.1. The molecule has 1 aromatic heterocycles. The molecule has 0 aliphatic heterocycles. The van der Waals surface area contributed by atoms with E-state index < -0.39 is 0 Å². The zero-order valence-electron chi connectivity index (χ0n) is 19.0. The smallest absolute Gasteiger partial charge is 0.274 e. The molecule has 7 heteroatoms. The van der Waals surface area contributed by atoms with Crippen molar-refractivity contribution in [2.24, 2.45) is 5.92 Å². The Balaban J connectivity index is 1.75. The molecule has 3 rings (SSSR count). The molecule has 3 aromatic rings. The van der Waals surface area contributed by atoms with Gasteiger partial charge < -0.3 is 14.8 Å². The van der Waals surface area contributed by atoms with Crippen molar-refractivity contribution in [3.8, 4) is 17.2 Å². The minimum absolute atomic E-state index is 0.246. The molecule has 1 unspecified atom stereocenters. The summed E-state index contributed by atoms with van der Waals surface area (Å²) in [7, 11) is 1.61. The van der Waals surface area contributed by atoms with E-state index in [-0.39, 0.29) is 11.9 Å². The van der Waals surface area contributed by atoms with Crippen LogP contribution >= 0.6 is 0 Å². The van der Waals surface area contributed by atoms with Gasteiger partial charge in [0.05, 0.1) is 31.1 Å². The monoisotopic (exact) mass is 422 g/mol. The molecule has 0 bridgehead atoms. The molecule has 1 heterocycles. The van der Waals surface area contributed by atoms with Gasteiger partial charge in [-0.3, -0.25) is 4.79 Å². The molecule has 2 aromatic carbocycles. The second-order valence-electron chi connectivity index (χ2n) is 8.08. The molecule has 0 spiro atoms. The standard InChI is InChI=1S/C24H30N4O3/c1-15(2)14-31-21-11-10-19(13-22(21)30-6)17(4)25-24(29)23-18(5)28(27-26-23)20-9-7-8-16(3)12-20/h7-13,15,17H,14H2,1-6H3,(H,25,29). The van der Waals surface area contributed by atoms with E-state index in [1.54, 1.807) is 11.8 Å². The Kier molecular flexibility index (Phi) is 6.95. The van der Waals surface area contributed by atoms with E-state index in [1.165, 1.54) is 0 Å². The number of ether oxygens (including phenoxy) is 2. The largest absolute Gasteiger partial charge is 0.493 e. The van der Waals surface area contributed by atoms with Gasteiger partial charge in [-0.15, -0.1) is 5.10 Å². The number of nitrogens with one attached hydrogen (secondary N) is 1. The van der Waals surface area contributed by atoms with Gasteiger partial charge in [-0.2, -0.15) is 0 Å². The predicted molar refractivity (Wildman–Crippen MR) is 120 cm³/mol. The summed E-state index contributed by atoms with van der Waals surface area (Å²) >= 11 is 0. The highest BCUT2D eigenvalue weighted by Gasteiger charge is 2.20. The van der Waals surface area contributed by atoms with Gasteiger partial charge in [0.15, 0.2) is 17.2 Å². The van der Waals surface area contributed by atoms with Gasteiger partial charge in [0.2, 0.25) is 0 Å². The number of aromatic nitrogens is 3. The molecule has 1 amide bonds. The summed E-state index contributed by atoms with van der Waals surface area (Å²) in [6.45, 7) is 10.6. The molecule has 1 atom stereocenters. The Morgan fingerprint density at radius 1 is 1.10 bits per heavy atom. The molecule has 1 N–H and O–H groups in total. The van der Waals surface area contributed by atoms with Crippen molar-refractivity contribution in [1.82, 2.24) is 20.3 Å². The van der Waals surface area contributed by atoms with Crippen molar-refractivity contribution in [2.75, 3.05) is 13.7 Å². The molecular weight excluding hydrogens is 392 g/mol. The maximum atomic E-state index is 12.9. The number of benzene rings is 2. The molecule has 164 valence electrons. The highest BCUT2D eigenvalue weighted by atomic mass is 16.5. The lowest BCUT2D eigenvalue weighted by molar-refractivity contribution is 0.0934. The molecule has 7 nitrogen and oxygen atoms in total. The van der Waals surface area contributed by atoms with Crippen LogP contribution in [0.25, 0.3) is 5.69 Å². The minimum Gasteiger partial charge on any atom is -0.493 e. The van der Waals surface area contributed by atoms with Crippen LogP contribution in [0.15, 0.2) is 42.5 Å². The van der Waals surface area contributed by atoms with Crippen LogP contribution in [-0.2, 0) is 0 Å². The van der Waals surface area contributed by atoms with Gasteiger partial charge >= 0.3 is 0 Å². The number of amides is 1. The lowest BCUT2D eigenvalue weighted by Gasteiger charge is -2.17. The number of rotatable bonds is 8. The van der Waals surface area contributed by atoms with Crippen molar-refractivity contribution in [1.29, 1.82) is 0 Å². The third kappa shape index (κ3) is 5.23. The highest BCUT2D eigenvalue weighted by Crippen LogP contribution is 2.30. The first-order chi connectivity index (χ1) is 14.8. The van der Waals surface area contributed by atoms with Gasteiger partial charge in [-0.05, 0) is 62.1 Å². The van der Waals surface area contributed by atoms with Crippen LogP contribution in [0.4, 0.5) is 0 Å². The SMILES string of the molecule is COc1cc(C(C)NC(=O)c2nnn(-c3cccc(C)c3)c2C)ccc1OCC(C)C. The van der Waals surface area contributed by atoms with E-state index in [0.717, 1.165) is 16.8 Å². The van der Waals surface area contributed by atoms with Gasteiger partial charge in [-0.1, -0.05) is 37.3 Å². The van der Waals surface area contributed by atoms with Crippen LogP contribution in [0.2, 0.25) is 0 Å². The predicted octanol–water partition coefficient (Wildman–Crippen LogP) is 4.42. The van der Waals surface area contributed by atoms with E-state index >= 15 is 0 Å². The van der Waals surface area contributed by atoms with Crippen molar-refractivity contribution in [2.45, 2.75) is 40.7 Å². The van der Waals surface area contributed by atoms with Crippen LogP contribution in [0.1, 0.15) is 54.1 Å². The zero-order valence-corrected chi connectivity index (χ0v) is 19.0. The molecule has 0 aliphatic rings. The van der Waals surface area contributed by atoms with Crippen molar-refractivity contribution >= 4 is 5.91 Å². The van der Waals surface area contributed by atoms with Gasteiger partial charge in [0, 0.05) is 0 Å². The van der Waals surface area contributed by atoms with Crippen molar-refractivity contribution in [3.63, 3.8) is 0 Å². The van der Waals surface area contributed by atoms with Crippen LogP contribution < -0.4 is 14.8 Å². The number of carbonyl (C=O) groups excluding carboxylic acids is 1. The summed E-state index contributed by atoms with van der Waals surface area (Å²) in [5.74, 6) is 1.47. The third-order valence-electron chi connectivity index (χ3n) is 4.96. The first kappa shape index (κ1) is 22.3. The Morgan fingerprint density at radius 2 is 1.87 bits per heavy atom. The number of nitrogens with zero attached hydrogens (tertiary/aromatic N) is 3. The fourth-order valence-corrected chi connectivity index (χ4v) is 3.22. The number of methoxy groups -OCH3 is 1. The quantitative estimate of drug-likeness (QED) is 0.581. The Morgan fingerprint density at radius 3 is 2.55 bits per heavy atom. The fourth-order valence-electron chi connectivity index (χ4n) is 3.22. The van der Waals surface area contributed by atoms with E-state index in [2.05, 4.69) is 29.5 Å². The average molecular weight is 423 g/mol. The molecule has 31 heavy (non-hydrogen) atoms. The summed E-state index contributed by atoms with van der Waals surface area (Å²) in [6.07, 6.45) is 0. The van der Waals surface area contributed by atoms with Crippen LogP contribution in [0.5, 0.6) is 11.5 Å². The van der Waals surface area contributed by atoms with Gasteiger partial charge in [0.25, 0.3) is 5.91 Å². The third-order valence-corrected chi connectivity index (χ3v) is 4.96. The fraction of sp³-hybridized carbons (Fsp3) is 0.375. The topological polar surface area (TPSA) is 78.3 Å². The lowest BCUT2D eigenvalue weighted by Crippen LogP contribution is -2.27. The Labute approximate surface area is 183 Å². The average Bonchev–Trinajstić information content (AvgIpc) is 3.13. The molecular formula is C24H30N4O3. The second-order valence-corrected chi connectivity index (χ2v) is 8.08. The normalized spacial score (nSPS) is 12.0. The van der Waals surface area contributed by atoms with E-state index in [1.807, 2.05) is 63.2 Å². The maximum absolute atomic E-state index is 12.9. The van der Waals surface area contributed by atoms with Crippen molar-refractivity contribution in [3.05, 3.63) is 65.0 Å². The summed E-state index contributed by atoms with van der Waals surface area (Å²) < 4.78 is 13.0. The number of hydrogen-bond donors (Lipinski definition) is 1. The molecule has 0 saturated heterocycles. The molecule has 0 saturated carbocycles. The van der Waals surface area contributed by atoms with E-state index in [4.69, 9.17) is 9.47 Å². The van der Waals surface area contributed by atoms with Crippen LogP contribution in [-0.4, -0.2) is 34.6 Å². The van der Waals surface area contributed by atoms with Crippen LogP contribution in [0.3, 0.4) is 0 Å². The Bertz CT molecular complexity index is 1060. The first-order valence-corrected chi connectivity index (χ1v) is 10.4. The summed E-state index contributed by atoms with van der Waals surface area (Å²) in [6, 6.07) is 13.3. The summed E-state index contributed by atoms with van der Waals surface area (Å²) in [4.78, 5) is 12.9. The molecule has 0 fully saturated rings. The minimum atomic E-state index is -0.275. The maximum Gasteiger partial charge on any atom is 0.274 e. The number of carbonyl (C=O) groups is 1. The summed E-state index contributed by atoms with van der Waals surface area (Å²) in [5, 5.41) is 11.3. The molecule has 0 radical (unpaired) electrons. The Hall–Kier alpha value is -3.35. The highest BCUT2D eigenvalue weighted by molar-refractivity contribution is 5.93. The second kappa shape index (κ2) is 9.64. The van der Waals surface area contributed by atoms with E-state index in [0.29, 0.717) is 35.4 Å². The van der Waals surface area contributed by atoms with Gasteiger partial charge in [0.1, 0.15) is 0 Å². The summed E-state index contributed by atoms with van der Waals surface area (Å²) in [5.41, 5.74) is 3.88. The van der Waals surface area contributed by atoms with E-state index in [9.17, 15) is 4.79 Å².